The fraction of sp³-hybridized carbons (Fsp3) is 0.529. The number of amides is 1. The van der Waals surface area contributed by atoms with E-state index in [0.717, 1.165) is 0 Å². The van der Waals surface area contributed by atoms with Gasteiger partial charge in [0.1, 0.15) is 29.0 Å². The molecule has 0 aliphatic carbocycles. The molecule has 1 aromatic carbocycles. The summed E-state index contributed by atoms with van der Waals surface area (Å²) in [5, 5.41) is 12.6. The van der Waals surface area contributed by atoms with Crippen LogP contribution in [-0.2, 0) is 9.47 Å². The number of anilines is 1. The minimum atomic E-state index is -1.04. The number of benzene rings is 1. The molecular weight excluding hydrogens is 344 g/mol. The summed E-state index contributed by atoms with van der Waals surface area (Å²) < 4.78 is 16.0. The number of nitrogens with zero attached hydrogens (tertiary/aromatic N) is 1. The molecule has 0 saturated carbocycles. The number of hydrogen-bond acceptors (Lipinski definition) is 6. The van der Waals surface area contributed by atoms with Gasteiger partial charge in [-0.15, -0.1) is 0 Å². The summed E-state index contributed by atoms with van der Waals surface area (Å²) >= 11 is 5.49. The van der Waals surface area contributed by atoms with Gasteiger partial charge in [0.2, 0.25) is 0 Å². The standard InChI is InChI=1S/C17H24N2O5S/c1-17(2,3)24-16(21)18-11-9-23-13-7-6-10(15(20)22-5)8-12(13)19(4)14(11)25/h6-8,11,15,20H,9H2,1-5H3,(H,18,21)/t11-,15?/m0/s1. The van der Waals surface area contributed by atoms with Crippen molar-refractivity contribution in [1.82, 2.24) is 5.32 Å². The second kappa shape index (κ2) is 7.55. The van der Waals surface area contributed by atoms with Crippen LogP contribution in [0.3, 0.4) is 0 Å². The summed E-state index contributed by atoms with van der Waals surface area (Å²) in [7, 11) is 3.20. The summed E-state index contributed by atoms with van der Waals surface area (Å²) in [4.78, 5) is 14.3. The Morgan fingerprint density at radius 3 is 2.76 bits per heavy atom. The van der Waals surface area contributed by atoms with E-state index < -0.39 is 24.0 Å². The monoisotopic (exact) mass is 368 g/mol. The first-order valence-electron chi connectivity index (χ1n) is 7.87. The molecule has 0 radical (unpaired) electrons. The number of fused-ring (bicyclic) bond motifs is 1. The Kier molecular flexibility index (Phi) is 5.87. The van der Waals surface area contributed by atoms with E-state index in [0.29, 0.717) is 22.0 Å². The molecule has 0 bridgehead atoms. The Morgan fingerprint density at radius 2 is 2.16 bits per heavy atom. The highest BCUT2D eigenvalue weighted by molar-refractivity contribution is 7.80. The van der Waals surface area contributed by atoms with Crippen LogP contribution in [0.25, 0.3) is 0 Å². The van der Waals surface area contributed by atoms with Crippen LogP contribution >= 0.6 is 12.2 Å². The van der Waals surface area contributed by atoms with E-state index in [1.165, 1.54) is 7.11 Å². The zero-order chi connectivity index (χ0) is 18.8. The van der Waals surface area contributed by atoms with E-state index in [1.807, 2.05) is 0 Å². The number of methoxy groups -OCH3 is 1. The average molecular weight is 368 g/mol. The van der Waals surface area contributed by atoms with Crippen molar-refractivity contribution in [3.63, 3.8) is 0 Å². The molecule has 1 heterocycles. The van der Waals surface area contributed by atoms with Crippen molar-refractivity contribution in [1.29, 1.82) is 0 Å². The largest absolute Gasteiger partial charge is 0.489 e. The number of thiocarbonyl (C=S) groups is 1. The third kappa shape index (κ3) is 4.81. The summed E-state index contributed by atoms with van der Waals surface area (Å²) in [6.07, 6.45) is -1.59. The van der Waals surface area contributed by atoms with Gasteiger partial charge in [0.05, 0.1) is 5.69 Å². The van der Waals surface area contributed by atoms with Crippen LogP contribution in [0.5, 0.6) is 5.75 Å². The molecule has 0 saturated heterocycles. The zero-order valence-electron chi connectivity index (χ0n) is 15.0. The Balaban J connectivity index is 2.19. The maximum atomic E-state index is 12.0. The van der Waals surface area contributed by atoms with Crippen molar-refractivity contribution < 1.29 is 24.1 Å². The highest BCUT2D eigenvalue weighted by Gasteiger charge is 2.29. The normalized spacial score (nSPS) is 18.7. The van der Waals surface area contributed by atoms with Gasteiger partial charge in [-0.3, -0.25) is 0 Å². The Morgan fingerprint density at radius 1 is 1.48 bits per heavy atom. The lowest BCUT2D eigenvalue weighted by molar-refractivity contribution is -0.0769. The number of likely N-dealkylation sites (N-methyl/N-ethyl adjacent to an activating group) is 1. The molecule has 1 aliphatic rings. The Hall–Kier alpha value is -1.90. The van der Waals surface area contributed by atoms with Crippen molar-refractivity contribution in [2.75, 3.05) is 25.7 Å². The van der Waals surface area contributed by atoms with Gasteiger partial charge in [-0.1, -0.05) is 18.3 Å². The minimum absolute atomic E-state index is 0.182. The molecule has 0 aromatic heterocycles. The lowest BCUT2D eigenvalue weighted by atomic mass is 10.1. The van der Waals surface area contributed by atoms with Crippen molar-refractivity contribution in [3.8, 4) is 5.75 Å². The Labute approximate surface area is 152 Å². The van der Waals surface area contributed by atoms with Gasteiger partial charge < -0.3 is 29.5 Å². The van der Waals surface area contributed by atoms with E-state index in [-0.39, 0.29) is 6.61 Å². The SMILES string of the molecule is COC(O)c1ccc2c(c1)N(C)C(=S)[C@@H](NC(=O)OC(C)(C)C)CO2. The van der Waals surface area contributed by atoms with Crippen molar-refractivity contribution in [2.24, 2.45) is 0 Å². The molecule has 2 atom stereocenters. The first-order valence-corrected chi connectivity index (χ1v) is 8.28. The van der Waals surface area contributed by atoms with E-state index in [1.54, 1.807) is 50.9 Å². The summed E-state index contributed by atoms with van der Waals surface area (Å²) in [6.45, 7) is 5.55. The third-order valence-electron chi connectivity index (χ3n) is 3.58. The smallest absolute Gasteiger partial charge is 0.408 e. The number of carbonyl (C=O) groups is 1. The molecule has 1 aromatic rings. The van der Waals surface area contributed by atoms with E-state index in [2.05, 4.69) is 5.32 Å². The van der Waals surface area contributed by atoms with Crippen LogP contribution in [0, 0.1) is 0 Å². The molecule has 2 N–H and O–H groups in total. The molecule has 8 heteroatoms. The van der Waals surface area contributed by atoms with Crippen molar-refractivity contribution in [3.05, 3.63) is 23.8 Å². The molecule has 0 spiro atoms. The molecule has 138 valence electrons. The van der Waals surface area contributed by atoms with E-state index >= 15 is 0 Å². The summed E-state index contributed by atoms with van der Waals surface area (Å²) in [6, 6.07) is 4.68. The summed E-state index contributed by atoms with van der Waals surface area (Å²) in [5.41, 5.74) is 0.669. The number of rotatable bonds is 3. The number of aliphatic hydroxyl groups excluding tert-OH is 1. The number of alkyl carbamates (subject to hydrolysis) is 1. The molecule has 1 unspecified atom stereocenters. The maximum Gasteiger partial charge on any atom is 0.408 e. The number of hydrogen-bond donors (Lipinski definition) is 2. The fourth-order valence-corrected chi connectivity index (χ4v) is 2.58. The van der Waals surface area contributed by atoms with Crippen LogP contribution in [0.2, 0.25) is 0 Å². The van der Waals surface area contributed by atoms with E-state index in [4.69, 9.17) is 26.4 Å². The van der Waals surface area contributed by atoms with Crippen molar-refractivity contribution in [2.45, 2.75) is 38.7 Å². The van der Waals surface area contributed by atoms with E-state index in [9.17, 15) is 9.90 Å². The van der Waals surface area contributed by atoms with Crippen LogP contribution in [0.4, 0.5) is 10.5 Å². The summed E-state index contributed by atoms with van der Waals surface area (Å²) in [5.74, 6) is 0.602. The van der Waals surface area contributed by atoms with Crippen LogP contribution in [-0.4, -0.2) is 48.6 Å². The second-order valence-electron chi connectivity index (χ2n) is 6.72. The zero-order valence-corrected chi connectivity index (χ0v) is 15.8. The predicted molar refractivity (Wildman–Crippen MR) is 98.1 cm³/mol. The van der Waals surface area contributed by atoms with Crippen LogP contribution < -0.4 is 15.0 Å². The van der Waals surface area contributed by atoms with Gasteiger partial charge in [-0.25, -0.2) is 4.79 Å². The number of aliphatic hydroxyl groups is 1. The maximum absolute atomic E-state index is 12.0. The number of ether oxygens (including phenoxy) is 3. The lowest BCUT2D eigenvalue weighted by Gasteiger charge is -2.26. The number of nitrogens with one attached hydrogen (secondary N) is 1. The molecule has 1 aliphatic heterocycles. The minimum Gasteiger partial charge on any atom is -0.489 e. The van der Waals surface area contributed by atoms with Crippen molar-refractivity contribution >= 4 is 29.0 Å². The topological polar surface area (TPSA) is 80.3 Å². The number of carbonyl (C=O) groups excluding carboxylic acids is 1. The lowest BCUT2D eigenvalue weighted by Crippen LogP contribution is -2.49. The predicted octanol–water partition coefficient (Wildman–Crippen LogP) is 2.37. The first-order chi connectivity index (χ1) is 11.6. The van der Waals surface area contributed by atoms with Gasteiger partial charge in [0.25, 0.3) is 0 Å². The van der Waals surface area contributed by atoms with Gasteiger partial charge in [0, 0.05) is 19.7 Å². The average Bonchev–Trinajstić information content (AvgIpc) is 2.64. The van der Waals surface area contributed by atoms with Gasteiger partial charge in [-0.2, -0.15) is 0 Å². The molecular formula is C17H24N2O5S. The molecule has 0 fully saturated rings. The first kappa shape index (κ1) is 19.4. The van der Waals surface area contributed by atoms with Gasteiger partial charge in [-0.05, 0) is 32.9 Å². The second-order valence-corrected chi connectivity index (χ2v) is 7.14. The highest BCUT2D eigenvalue weighted by Crippen LogP contribution is 2.33. The van der Waals surface area contributed by atoms with Gasteiger partial charge in [0.15, 0.2) is 6.29 Å². The molecule has 2 rings (SSSR count). The molecule has 1 amide bonds. The third-order valence-corrected chi connectivity index (χ3v) is 4.14. The van der Waals surface area contributed by atoms with Crippen LogP contribution in [0.15, 0.2) is 18.2 Å². The Bertz CT molecular complexity index is 659. The van der Waals surface area contributed by atoms with Gasteiger partial charge >= 0.3 is 6.09 Å². The van der Waals surface area contributed by atoms with Crippen LogP contribution in [0.1, 0.15) is 32.6 Å². The molecule has 25 heavy (non-hydrogen) atoms. The fourth-order valence-electron chi connectivity index (χ4n) is 2.36. The quantitative estimate of drug-likeness (QED) is 0.626. The highest BCUT2D eigenvalue weighted by atomic mass is 32.1. The molecule has 7 nitrogen and oxygen atoms in total.